The third kappa shape index (κ3) is 3.89. The molecule has 94 valence electrons. The number of rotatable bonds is 5. The van der Waals surface area contributed by atoms with Gasteiger partial charge in [-0.2, -0.15) is 0 Å². The number of benzene rings is 1. The largest absolute Gasteiger partial charge is 0.354 e. The second-order valence-corrected chi connectivity index (χ2v) is 5.23. The zero-order chi connectivity index (χ0) is 12.8. The van der Waals surface area contributed by atoms with Gasteiger partial charge in [0.05, 0.1) is 0 Å². The molecule has 0 unspecified atom stereocenters. The summed E-state index contributed by atoms with van der Waals surface area (Å²) in [5.74, 6) is 0.670. The predicted octanol–water partition coefficient (Wildman–Crippen LogP) is 4.10. The lowest BCUT2D eigenvalue weighted by Crippen LogP contribution is -2.03. The molecule has 0 radical (unpaired) electrons. The van der Waals surface area contributed by atoms with Crippen LogP contribution in [0, 0.1) is 0 Å². The number of halogens is 1. The quantitative estimate of drug-likeness (QED) is 0.836. The van der Waals surface area contributed by atoms with E-state index in [1.165, 1.54) is 0 Å². The van der Waals surface area contributed by atoms with E-state index in [2.05, 4.69) is 22.2 Å². The third-order valence-corrected chi connectivity index (χ3v) is 3.34. The Balaban J connectivity index is 2.09. The number of anilines is 1. The summed E-state index contributed by atoms with van der Waals surface area (Å²) in [6.45, 7) is 2.99. The van der Waals surface area contributed by atoms with Crippen LogP contribution >= 0.6 is 23.4 Å². The second-order valence-electron chi connectivity index (χ2n) is 3.70. The van der Waals surface area contributed by atoms with Gasteiger partial charge in [0.1, 0.15) is 5.03 Å². The summed E-state index contributed by atoms with van der Waals surface area (Å²) in [6.07, 6.45) is 2.81. The zero-order valence-electron chi connectivity index (χ0n) is 10.1. The van der Waals surface area contributed by atoms with Crippen LogP contribution in [-0.4, -0.2) is 16.5 Å². The van der Waals surface area contributed by atoms with E-state index in [0.717, 1.165) is 27.9 Å². The summed E-state index contributed by atoms with van der Waals surface area (Å²) in [6, 6.07) is 9.62. The fourth-order valence-electron chi connectivity index (χ4n) is 1.37. The lowest BCUT2D eigenvalue weighted by Gasteiger charge is -2.05. The molecule has 0 saturated heterocycles. The van der Waals surface area contributed by atoms with Gasteiger partial charge in [0.2, 0.25) is 5.95 Å². The van der Waals surface area contributed by atoms with Crippen molar-refractivity contribution in [3.8, 4) is 0 Å². The Hall–Kier alpha value is -1.26. The highest BCUT2D eigenvalue weighted by atomic mass is 35.5. The van der Waals surface area contributed by atoms with Gasteiger partial charge in [-0.15, -0.1) is 0 Å². The van der Waals surface area contributed by atoms with Crippen molar-refractivity contribution in [3.63, 3.8) is 0 Å². The first kappa shape index (κ1) is 13.2. The molecule has 1 aromatic heterocycles. The van der Waals surface area contributed by atoms with Crippen LogP contribution in [0.4, 0.5) is 5.95 Å². The van der Waals surface area contributed by atoms with Crippen LogP contribution in [0.3, 0.4) is 0 Å². The minimum absolute atomic E-state index is 0.670. The molecule has 2 aromatic rings. The molecule has 0 spiro atoms. The molecule has 0 aliphatic heterocycles. The fourth-order valence-corrected chi connectivity index (χ4v) is 2.46. The minimum atomic E-state index is 0.670. The van der Waals surface area contributed by atoms with E-state index >= 15 is 0 Å². The molecule has 18 heavy (non-hydrogen) atoms. The first-order chi connectivity index (χ1) is 8.78. The Morgan fingerprint density at radius 1 is 1.33 bits per heavy atom. The first-order valence-electron chi connectivity index (χ1n) is 5.78. The molecular weight excluding hydrogens is 266 g/mol. The van der Waals surface area contributed by atoms with Crippen molar-refractivity contribution >= 4 is 29.3 Å². The van der Waals surface area contributed by atoms with Gasteiger partial charge in [-0.25, -0.2) is 9.97 Å². The molecule has 0 bridgehead atoms. The van der Waals surface area contributed by atoms with E-state index in [0.29, 0.717) is 5.95 Å². The molecule has 2 rings (SSSR count). The summed E-state index contributed by atoms with van der Waals surface area (Å²) in [4.78, 5) is 9.68. The number of nitrogens with zero attached hydrogens (tertiary/aromatic N) is 2. The van der Waals surface area contributed by atoms with Crippen molar-refractivity contribution in [2.24, 2.45) is 0 Å². The molecule has 5 heteroatoms. The number of aromatic nitrogens is 2. The van der Waals surface area contributed by atoms with Gasteiger partial charge in [-0.05, 0) is 30.7 Å². The van der Waals surface area contributed by atoms with Crippen molar-refractivity contribution in [1.82, 2.24) is 9.97 Å². The van der Waals surface area contributed by atoms with Crippen molar-refractivity contribution in [3.05, 3.63) is 41.6 Å². The van der Waals surface area contributed by atoms with Gasteiger partial charge in [0, 0.05) is 22.7 Å². The molecule has 3 nitrogen and oxygen atoms in total. The van der Waals surface area contributed by atoms with Gasteiger partial charge in [-0.3, -0.25) is 0 Å². The van der Waals surface area contributed by atoms with Crippen LogP contribution in [0.15, 0.2) is 46.5 Å². The highest BCUT2D eigenvalue weighted by Gasteiger charge is 2.01. The van der Waals surface area contributed by atoms with Crippen LogP contribution in [0.1, 0.15) is 13.3 Å². The second kappa shape index (κ2) is 6.61. The van der Waals surface area contributed by atoms with E-state index in [4.69, 9.17) is 11.6 Å². The summed E-state index contributed by atoms with van der Waals surface area (Å²) >= 11 is 7.53. The van der Waals surface area contributed by atoms with Gasteiger partial charge >= 0.3 is 0 Å². The monoisotopic (exact) mass is 279 g/mol. The lowest BCUT2D eigenvalue weighted by atomic mass is 10.4. The molecule has 0 atom stereocenters. The normalized spacial score (nSPS) is 10.3. The maximum atomic E-state index is 5.95. The molecule has 1 aromatic carbocycles. The highest BCUT2D eigenvalue weighted by molar-refractivity contribution is 7.99. The van der Waals surface area contributed by atoms with Crippen LogP contribution < -0.4 is 5.32 Å². The minimum Gasteiger partial charge on any atom is -0.354 e. The summed E-state index contributed by atoms with van der Waals surface area (Å²) in [7, 11) is 0. The SMILES string of the molecule is CCCNc1nccc(Sc2cccc(Cl)c2)n1. The molecule has 0 aliphatic carbocycles. The van der Waals surface area contributed by atoms with Crippen molar-refractivity contribution in [2.75, 3.05) is 11.9 Å². The number of nitrogens with one attached hydrogen (secondary N) is 1. The van der Waals surface area contributed by atoms with Crippen molar-refractivity contribution < 1.29 is 0 Å². The fraction of sp³-hybridized carbons (Fsp3) is 0.231. The van der Waals surface area contributed by atoms with Gasteiger partial charge in [0.25, 0.3) is 0 Å². The average molecular weight is 280 g/mol. The van der Waals surface area contributed by atoms with Crippen molar-refractivity contribution in [1.29, 1.82) is 0 Å². The summed E-state index contributed by atoms with van der Waals surface area (Å²) < 4.78 is 0. The molecule has 1 heterocycles. The molecule has 0 aliphatic rings. The van der Waals surface area contributed by atoms with Crippen molar-refractivity contribution in [2.45, 2.75) is 23.3 Å². The van der Waals surface area contributed by atoms with E-state index < -0.39 is 0 Å². The Morgan fingerprint density at radius 2 is 2.22 bits per heavy atom. The molecule has 0 amide bonds. The van der Waals surface area contributed by atoms with Crippen LogP contribution in [-0.2, 0) is 0 Å². The lowest BCUT2D eigenvalue weighted by molar-refractivity contribution is 0.935. The molecule has 1 N–H and O–H groups in total. The van der Waals surface area contributed by atoms with Crippen LogP contribution in [0.2, 0.25) is 5.02 Å². The zero-order valence-corrected chi connectivity index (χ0v) is 11.6. The first-order valence-corrected chi connectivity index (χ1v) is 6.97. The molecule has 0 fully saturated rings. The smallest absolute Gasteiger partial charge is 0.223 e. The van der Waals surface area contributed by atoms with Crippen LogP contribution in [0.25, 0.3) is 0 Å². The Kier molecular flexibility index (Phi) is 4.84. The highest BCUT2D eigenvalue weighted by Crippen LogP contribution is 2.28. The summed E-state index contributed by atoms with van der Waals surface area (Å²) in [5, 5.41) is 4.81. The van der Waals surface area contributed by atoms with Crippen LogP contribution in [0.5, 0.6) is 0 Å². The third-order valence-electron chi connectivity index (χ3n) is 2.18. The Morgan fingerprint density at radius 3 is 3.00 bits per heavy atom. The van der Waals surface area contributed by atoms with E-state index in [9.17, 15) is 0 Å². The van der Waals surface area contributed by atoms with Gasteiger partial charge in [0.15, 0.2) is 0 Å². The predicted molar refractivity (Wildman–Crippen MR) is 76.4 cm³/mol. The average Bonchev–Trinajstić information content (AvgIpc) is 2.37. The maximum absolute atomic E-state index is 5.95. The topological polar surface area (TPSA) is 37.8 Å². The Bertz CT molecular complexity index is 519. The van der Waals surface area contributed by atoms with Gasteiger partial charge < -0.3 is 5.32 Å². The van der Waals surface area contributed by atoms with E-state index in [1.54, 1.807) is 18.0 Å². The molecular formula is C13H14ClN3S. The standard InChI is InChI=1S/C13H14ClN3S/c1-2-7-15-13-16-8-6-12(17-13)18-11-5-3-4-10(14)9-11/h3-6,8-9H,2,7H2,1H3,(H,15,16,17). The van der Waals surface area contributed by atoms with E-state index in [1.807, 2.05) is 30.3 Å². The van der Waals surface area contributed by atoms with Gasteiger partial charge in [-0.1, -0.05) is 36.4 Å². The number of hydrogen-bond donors (Lipinski definition) is 1. The van der Waals surface area contributed by atoms with E-state index in [-0.39, 0.29) is 0 Å². The molecule has 0 saturated carbocycles. The number of hydrogen-bond acceptors (Lipinski definition) is 4. The Labute approximate surface area is 116 Å². The maximum Gasteiger partial charge on any atom is 0.223 e. The summed E-state index contributed by atoms with van der Waals surface area (Å²) in [5.41, 5.74) is 0.